The molecule has 1 aliphatic rings. The highest BCUT2D eigenvalue weighted by atomic mass is 15.2. The van der Waals surface area contributed by atoms with Gasteiger partial charge in [0.1, 0.15) is 0 Å². The second-order valence-electron chi connectivity index (χ2n) is 4.16. The van der Waals surface area contributed by atoms with Crippen molar-refractivity contribution < 1.29 is 0 Å². The third-order valence-electron chi connectivity index (χ3n) is 2.30. The lowest BCUT2D eigenvalue weighted by Gasteiger charge is -2.45. The summed E-state index contributed by atoms with van der Waals surface area (Å²) < 4.78 is 0. The third-order valence-corrected chi connectivity index (χ3v) is 2.30. The molecule has 1 fully saturated rings. The molecule has 0 radical (unpaired) electrons. The van der Waals surface area contributed by atoms with Crippen LogP contribution >= 0.6 is 0 Å². The van der Waals surface area contributed by atoms with Crippen LogP contribution < -0.4 is 5.73 Å². The number of hydrogen-bond donors (Lipinski definition) is 1. The van der Waals surface area contributed by atoms with Crippen LogP contribution in [0.2, 0.25) is 0 Å². The zero-order chi connectivity index (χ0) is 9.31. The molecule has 0 bridgehead atoms. The van der Waals surface area contributed by atoms with Crippen LogP contribution in [0, 0.1) is 0 Å². The largest absolute Gasteiger partial charge is 0.323 e. The minimum atomic E-state index is 0.0300. The SMILES string of the molecule is CC1(N)CN(Cc2cccnc2)C1. The standard InChI is InChI=1S/C10H15N3/c1-10(11)7-13(8-10)6-9-3-2-4-12-5-9/h2-5H,6-8,11H2,1H3. The lowest BCUT2D eigenvalue weighted by Crippen LogP contribution is -2.64. The Labute approximate surface area is 78.6 Å². The fourth-order valence-electron chi connectivity index (χ4n) is 1.84. The van der Waals surface area contributed by atoms with E-state index in [1.165, 1.54) is 5.56 Å². The van der Waals surface area contributed by atoms with Crippen molar-refractivity contribution in [3.8, 4) is 0 Å². The van der Waals surface area contributed by atoms with Crippen LogP contribution in [-0.2, 0) is 6.54 Å². The van der Waals surface area contributed by atoms with E-state index in [4.69, 9.17) is 5.73 Å². The van der Waals surface area contributed by atoms with Gasteiger partial charge in [0.2, 0.25) is 0 Å². The van der Waals surface area contributed by atoms with E-state index in [2.05, 4.69) is 22.9 Å². The maximum atomic E-state index is 5.91. The molecule has 3 nitrogen and oxygen atoms in total. The Morgan fingerprint density at radius 3 is 2.92 bits per heavy atom. The second-order valence-corrected chi connectivity index (χ2v) is 4.16. The Bertz CT molecular complexity index is 273. The van der Waals surface area contributed by atoms with E-state index in [1.54, 1.807) is 6.20 Å². The quantitative estimate of drug-likeness (QED) is 0.720. The Morgan fingerprint density at radius 1 is 1.62 bits per heavy atom. The van der Waals surface area contributed by atoms with Crippen molar-refractivity contribution in [3.05, 3.63) is 30.1 Å². The molecule has 13 heavy (non-hydrogen) atoms. The van der Waals surface area contributed by atoms with Gasteiger partial charge in [-0.3, -0.25) is 9.88 Å². The molecular weight excluding hydrogens is 162 g/mol. The molecule has 1 aromatic heterocycles. The highest BCUT2D eigenvalue weighted by Gasteiger charge is 2.34. The minimum Gasteiger partial charge on any atom is -0.323 e. The molecule has 2 rings (SSSR count). The Balaban J connectivity index is 1.88. The lowest BCUT2D eigenvalue weighted by molar-refractivity contribution is 0.0763. The Morgan fingerprint density at radius 2 is 2.38 bits per heavy atom. The van der Waals surface area contributed by atoms with Gasteiger partial charge in [0.15, 0.2) is 0 Å². The highest BCUT2D eigenvalue weighted by molar-refractivity contribution is 5.10. The van der Waals surface area contributed by atoms with Gasteiger partial charge >= 0.3 is 0 Å². The number of pyridine rings is 1. The van der Waals surface area contributed by atoms with E-state index in [0.717, 1.165) is 19.6 Å². The van der Waals surface area contributed by atoms with Gasteiger partial charge in [-0.15, -0.1) is 0 Å². The van der Waals surface area contributed by atoms with Gasteiger partial charge in [0.25, 0.3) is 0 Å². The monoisotopic (exact) mass is 177 g/mol. The van der Waals surface area contributed by atoms with Gasteiger partial charge in [-0.1, -0.05) is 6.07 Å². The van der Waals surface area contributed by atoms with Crippen LogP contribution in [0.15, 0.2) is 24.5 Å². The number of aromatic nitrogens is 1. The molecule has 3 heteroatoms. The zero-order valence-corrected chi connectivity index (χ0v) is 7.90. The van der Waals surface area contributed by atoms with Crippen LogP contribution in [0.5, 0.6) is 0 Å². The minimum absolute atomic E-state index is 0.0300. The molecule has 2 heterocycles. The van der Waals surface area contributed by atoms with Gasteiger partial charge in [-0.25, -0.2) is 0 Å². The van der Waals surface area contributed by atoms with Crippen LogP contribution in [0.3, 0.4) is 0 Å². The smallest absolute Gasteiger partial charge is 0.0384 e. The van der Waals surface area contributed by atoms with Crippen LogP contribution in [0.25, 0.3) is 0 Å². The number of nitrogens with two attached hydrogens (primary N) is 1. The molecule has 1 saturated heterocycles. The van der Waals surface area contributed by atoms with E-state index < -0.39 is 0 Å². The normalized spacial score (nSPS) is 21.1. The Kier molecular flexibility index (Phi) is 2.06. The van der Waals surface area contributed by atoms with Gasteiger partial charge in [0.05, 0.1) is 0 Å². The first-order valence-corrected chi connectivity index (χ1v) is 4.56. The van der Waals surface area contributed by atoms with Crippen molar-refractivity contribution in [1.29, 1.82) is 0 Å². The van der Waals surface area contributed by atoms with Gasteiger partial charge in [-0.05, 0) is 18.6 Å². The first-order valence-electron chi connectivity index (χ1n) is 4.56. The summed E-state index contributed by atoms with van der Waals surface area (Å²) in [4.78, 5) is 6.40. The molecule has 0 aromatic carbocycles. The molecule has 0 atom stereocenters. The summed E-state index contributed by atoms with van der Waals surface area (Å²) in [5.74, 6) is 0. The average Bonchev–Trinajstić information content (AvgIpc) is 2.03. The van der Waals surface area contributed by atoms with E-state index in [9.17, 15) is 0 Å². The predicted molar refractivity (Wildman–Crippen MR) is 52.1 cm³/mol. The number of hydrogen-bond acceptors (Lipinski definition) is 3. The Hall–Kier alpha value is -0.930. The van der Waals surface area contributed by atoms with Crippen molar-refractivity contribution in [2.75, 3.05) is 13.1 Å². The summed E-state index contributed by atoms with van der Waals surface area (Å²) >= 11 is 0. The van der Waals surface area contributed by atoms with Crippen molar-refractivity contribution in [2.24, 2.45) is 5.73 Å². The fraction of sp³-hybridized carbons (Fsp3) is 0.500. The lowest BCUT2D eigenvalue weighted by atomic mass is 9.93. The number of likely N-dealkylation sites (tertiary alicyclic amines) is 1. The maximum absolute atomic E-state index is 5.91. The number of rotatable bonds is 2. The summed E-state index contributed by atoms with van der Waals surface area (Å²) in [5.41, 5.74) is 7.20. The molecule has 0 spiro atoms. The molecule has 70 valence electrons. The maximum Gasteiger partial charge on any atom is 0.0384 e. The summed E-state index contributed by atoms with van der Waals surface area (Å²) in [7, 11) is 0. The van der Waals surface area contributed by atoms with Crippen LogP contribution in [-0.4, -0.2) is 28.5 Å². The van der Waals surface area contributed by atoms with Crippen LogP contribution in [0.1, 0.15) is 12.5 Å². The van der Waals surface area contributed by atoms with Crippen molar-refractivity contribution >= 4 is 0 Å². The molecule has 2 N–H and O–H groups in total. The van der Waals surface area contributed by atoms with E-state index >= 15 is 0 Å². The average molecular weight is 177 g/mol. The van der Waals surface area contributed by atoms with Gasteiger partial charge in [-0.2, -0.15) is 0 Å². The summed E-state index contributed by atoms with van der Waals surface area (Å²) in [6.45, 7) is 5.04. The molecule has 1 aromatic rings. The van der Waals surface area contributed by atoms with Gasteiger partial charge in [0, 0.05) is 37.6 Å². The fourth-order valence-corrected chi connectivity index (χ4v) is 1.84. The molecule has 0 amide bonds. The molecule has 0 saturated carbocycles. The number of nitrogens with zero attached hydrogens (tertiary/aromatic N) is 2. The topological polar surface area (TPSA) is 42.1 Å². The van der Waals surface area contributed by atoms with Gasteiger partial charge < -0.3 is 5.73 Å². The summed E-state index contributed by atoms with van der Waals surface area (Å²) in [6.07, 6.45) is 3.71. The molecule has 0 aliphatic carbocycles. The summed E-state index contributed by atoms with van der Waals surface area (Å²) in [5, 5.41) is 0. The first-order chi connectivity index (χ1) is 6.16. The van der Waals surface area contributed by atoms with Crippen molar-refractivity contribution in [3.63, 3.8) is 0 Å². The third kappa shape index (κ3) is 2.05. The first kappa shape index (κ1) is 8.66. The molecular formula is C10H15N3. The van der Waals surface area contributed by atoms with Crippen molar-refractivity contribution in [1.82, 2.24) is 9.88 Å². The second kappa shape index (κ2) is 3.09. The zero-order valence-electron chi connectivity index (χ0n) is 7.90. The molecule has 1 aliphatic heterocycles. The highest BCUT2D eigenvalue weighted by Crippen LogP contribution is 2.19. The van der Waals surface area contributed by atoms with E-state index in [-0.39, 0.29) is 5.54 Å². The van der Waals surface area contributed by atoms with Crippen molar-refractivity contribution in [2.45, 2.75) is 19.0 Å². The summed E-state index contributed by atoms with van der Waals surface area (Å²) in [6, 6.07) is 4.07. The van der Waals surface area contributed by atoms with Crippen LogP contribution in [0.4, 0.5) is 0 Å². The van der Waals surface area contributed by atoms with E-state index in [1.807, 2.05) is 12.3 Å². The van der Waals surface area contributed by atoms with E-state index in [0.29, 0.717) is 0 Å². The predicted octanol–water partition coefficient (Wildman–Crippen LogP) is 0.615. The molecule has 0 unspecified atom stereocenters.